The summed E-state index contributed by atoms with van der Waals surface area (Å²) in [5, 5.41) is 0. The highest BCUT2D eigenvalue weighted by Crippen LogP contribution is 2.52. The number of carbonyl (C=O) groups is 2. The Morgan fingerprint density at radius 2 is 1.00 bits per heavy atom. The van der Waals surface area contributed by atoms with Crippen molar-refractivity contribution >= 4 is 34.8 Å². The molecule has 12 nitrogen and oxygen atoms in total. The molecule has 6 aliphatic rings. The van der Waals surface area contributed by atoms with Crippen molar-refractivity contribution in [3.05, 3.63) is 84.7 Å². The molecule has 0 aromatic carbocycles. The lowest BCUT2D eigenvalue weighted by atomic mass is 10.1. The second-order valence-electron chi connectivity index (χ2n) is 13.3. The fourth-order valence-electron chi connectivity index (χ4n) is 7.41. The number of methoxy groups -OCH3 is 2. The molecule has 48 heavy (non-hydrogen) atoms. The van der Waals surface area contributed by atoms with E-state index in [1.54, 1.807) is 26.6 Å². The van der Waals surface area contributed by atoms with Gasteiger partial charge in [0.1, 0.15) is 0 Å². The van der Waals surface area contributed by atoms with Crippen molar-refractivity contribution in [2.45, 2.75) is 74.5 Å². The van der Waals surface area contributed by atoms with Crippen LogP contribution in [0, 0.1) is 0 Å². The zero-order valence-corrected chi connectivity index (χ0v) is 26.8. The van der Waals surface area contributed by atoms with E-state index in [9.17, 15) is 9.59 Å². The van der Waals surface area contributed by atoms with Crippen LogP contribution in [0.5, 0.6) is 11.8 Å². The lowest BCUT2D eigenvalue weighted by molar-refractivity contribution is 0.253. The standard InChI is InChI=1S/2C18H18N4O2/c2*1-24-17-8-12(4-7-20-17)21-14-9-15(14)22(18(21)23)16-10-19-6-5-13(16)11-2-3-11/h2*4-8,10-11,14-15H,2-3,9H2,1H3/t2*14-,15+/m10/s1. The van der Waals surface area contributed by atoms with Gasteiger partial charge in [-0.25, -0.2) is 19.6 Å². The fourth-order valence-corrected chi connectivity index (χ4v) is 7.41. The van der Waals surface area contributed by atoms with E-state index in [0.29, 0.717) is 23.6 Å². The van der Waals surface area contributed by atoms with Gasteiger partial charge < -0.3 is 9.47 Å². The van der Waals surface area contributed by atoms with Gasteiger partial charge in [-0.15, -0.1) is 0 Å². The number of carbonyl (C=O) groups excluding carboxylic acids is 2. The first-order chi connectivity index (χ1) is 23.6. The highest BCUT2D eigenvalue weighted by molar-refractivity contribution is 6.10. The second-order valence-corrected chi connectivity index (χ2v) is 13.3. The average Bonchev–Trinajstić information content (AvgIpc) is 3.92. The van der Waals surface area contributed by atoms with Gasteiger partial charge in [-0.1, -0.05) is 0 Å². The van der Waals surface area contributed by atoms with Crippen LogP contribution in [-0.2, 0) is 0 Å². The largest absolute Gasteiger partial charge is 0.481 e. The van der Waals surface area contributed by atoms with Crippen LogP contribution in [0.3, 0.4) is 0 Å². The van der Waals surface area contributed by atoms with Crippen LogP contribution in [0.4, 0.5) is 32.3 Å². The molecule has 12 heteroatoms. The van der Waals surface area contributed by atoms with Gasteiger partial charge in [0, 0.05) is 36.9 Å². The lowest BCUT2D eigenvalue weighted by Crippen LogP contribution is -2.37. The van der Waals surface area contributed by atoms with E-state index in [4.69, 9.17) is 9.47 Å². The van der Waals surface area contributed by atoms with Crippen molar-refractivity contribution in [2.24, 2.45) is 0 Å². The molecule has 2 saturated heterocycles. The molecule has 0 N–H and O–H groups in total. The summed E-state index contributed by atoms with van der Waals surface area (Å²) < 4.78 is 10.4. The number of rotatable bonds is 8. The van der Waals surface area contributed by atoms with E-state index in [1.807, 2.05) is 68.7 Å². The monoisotopic (exact) mass is 644 g/mol. The average molecular weight is 645 g/mol. The Morgan fingerprint density at radius 3 is 1.40 bits per heavy atom. The second kappa shape index (κ2) is 11.2. The first-order valence-electron chi connectivity index (χ1n) is 16.7. The molecule has 4 aromatic rings. The molecule has 0 radical (unpaired) electrons. The molecule has 244 valence electrons. The van der Waals surface area contributed by atoms with Crippen molar-refractivity contribution in [2.75, 3.05) is 33.8 Å². The maximum Gasteiger partial charge on any atom is 0.329 e. The van der Waals surface area contributed by atoms with Gasteiger partial charge in [0.2, 0.25) is 11.8 Å². The number of hydrogen-bond acceptors (Lipinski definition) is 8. The molecule has 4 aliphatic carbocycles. The van der Waals surface area contributed by atoms with Gasteiger partial charge in [0.15, 0.2) is 0 Å². The molecular formula is C36H36N8O4. The number of amides is 4. The van der Waals surface area contributed by atoms with Crippen LogP contribution < -0.4 is 29.1 Å². The molecule has 6 fully saturated rings. The summed E-state index contributed by atoms with van der Waals surface area (Å²) >= 11 is 0. The Labute approximate surface area is 278 Å². The summed E-state index contributed by atoms with van der Waals surface area (Å²) in [5.74, 6) is 2.22. The number of pyridine rings is 4. The number of aromatic nitrogens is 4. The van der Waals surface area contributed by atoms with Crippen molar-refractivity contribution in [1.29, 1.82) is 0 Å². The van der Waals surface area contributed by atoms with E-state index in [1.165, 1.54) is 36.8 Å². The first-order valence-corrected chi connectivity index (χ1v) is 16.7. The molecule has 0 bridgehead atoms. The highest BCUT2D eigenvalue weighted by Gasteiger charge is 2.60. The van der Waals surface area contributed by atoms with Crippen molar-refractivity contribution < 1.29 is 19.1 Å². The Bertz CT molecular complexity index is 1780. The van der Waals surface area contributed by atoms with E-state index in [-0.39, 0.29) is 36.2 Å². The minimum atomic E-state index is 0.0272. The number of urea groups is 2. The minimum absolute atomic E-state index is 0.0272. The predicted molar refractivity (Wildman–Crippen MR) is 179 cm³/mol. The molecule has 4 atom stereocenters. The lowest BCUT2D eigenvalue weighted by Gasteiger charge is -2.25. The molecule has 6 heterocycles. The van der Waals surface area contributed by atoms with Crippen LogP contribution >= 0.6 is 0 Å². The fraction of sp³-hybridized carbons (Fsp3) is 0.389. The first kappa shape index (κ1) is 28.9. The molecule has 0 spiro atoms. The third-order valence-corrected chi connectivity index (χ3v) is 10.2. The SMILES string of the molecule is COc1cc(N2C(=O)N(c3cnccc3C3CC3)[C@@H]3C[C@@H]32)ccn1.COc1cc(N2C(=O)N(c3cnccc3C3CC3)[C@H]3C[C@H]32)ccn1. The Balaban J connectivity index is 0.000000131. The topological polar surface area (TPSA) is 117 Å². The maximum absolute atomic E-state index is 13.1. The van der Waals surface area contributed by atoms with Crippen molar-refractivity contribution in [3.63, 3.8) is 0 Å². The third-order valence-electron chi connectivity index (χ3n) is 10.2. The molecule has 2 aliphatic heterocycles. The third kappa shape index (κ3) is 4.89. The van der Waals surface area contributed by atoms with Crippen LogP contribution in [0.2, 0.25) is 0 Å². The van der Waals surface area contributed by atoms with Gasteiger partial charge in [-0.3, -0.25) is 29.6 Å². The minimum Gasteiger partial charge on any atom is -0.481 e. The van der Waals surface area contributed by atoms with Crippen LogP contribution in [0.1, 0.15) is 61.5 Å². The summed E-state index contributed by atoms with van der Waals surface area (Å²) in [6.45, 7) is 0. The number of anilines is 4. The van der Waals surface area contributed by atoms with E-state index in [0.717, 1.165) is 35.6 Å². The summed E-state index contributed by atoms with van der Waals surface area (Å²) in [6.07, 6.45) is 17.5. The summed E-state index contributed by atoms with van der Waals surface area (Å²) in [4.78, 5) is 50.6. The summed E-state index contributed by atoms with van der Waals surface area (Å²) in [6, 6.07) is 12.5. The quantitative estimate of drug-likeness (QED) is 0.233. The predicted octanol–water partition coefficient (Wildman–Crippen LogP) is 5.90. The van der Waals surface area contributed by atoms with E-state index < -0.39 is 0 Å². The molecular weight excluding hydrogens is 608 g/mol. The smallest absolute Gasteiger partial charge is 0.329 e. The van der Waals surface area contributed by atoms with Crippen LogP contribution in [0.15, 0.2) is 73.6 Å². The number of nitrogens with zero attached hydrogens (tertiary/aromatic N) is 8. The highest BCUT2D eigenvalue weighted by atomic mass is 16.5. The van der Waals surface area contributed by atoms with Gasteiger partial charge >= 0.3 is 12.1 Å². The molecule has 4 amide bonds. The number of ether oxygens (including phenoxy) is 2. The zero-order chi connectivity index (χ0) is 32.5. The molecule has 4 aromatic heterocycles. The maximum atomic E-state index is 13.1. The summed E-state index contributed by atoms with van der Waals surface area (Å²) in [5.41, 5.74) is 6.19. The normalized spacial score (nSPS) is 25.0. The van der Waals surface area contributed by atoms with Crippen LogP contribution in [-0.4, -0.2) is 70.4 Å². The van der Waals surface area contributed by atoms with Gasteiger partial charge in [-0.05, 0) is 85.8 Å². The number of hydrogen-bond donors (Lipinski definition) is 0. The Kier molecular flexibility index (Phi) is 6.73. The van der Waals surface area contributed by atoms with Crippen molar-refractivity contribution in [1.82, 2.24) is 19.9 Å². The van der Waals surface area contributed by atoms with Gasteiger partial charge in [0.25, 0.3) is 0 Å². The van der Waals surface area contributed by atoms with E-state index >= 15 is 0 Å². The van der Waals surface area contributed by atoms with Crippen molar-refractivity contribution in [3.8, 4) is 11.8 Å². The van der Waals surface area contributed by atoms with E-state index in [2.05, 4.69) is 32.1 Å². The molecule has 4 saturated carbocycles. The Hall–Kier alpha value is -5.26. The molecule has 10 rings (SSSR count). The molecule has 0 unspecified atom stereocenters. The summed E-state index contributed by atoms with van der Waals surface area (Å²) in [7, 11) is 3.17. The van der Waals surface area contributed by atoms with Crippen LogP contribution in [0.25, 0.3) is 0 Å². The zero-order valence-electron chi connectivity index (χ0n) is 26.8. The van der Waals surface area contributed by atoms with Gasteiger partial charge in [-0.2, -0.15) is 0 Å². The Morgan fingerprint density at radius 1 is 0.583 bits per heavy atom. The number of fused-ring (bicyclic) bond motifs is 2. The van der Waals surface area contributed by atoms with Gasteiger partial charge in [0.05, 0.1) is 73.5 Å².